The Kier molecular flexibility index (Phi) is 4.50. The molecule has 2 N–H and O–H groups in total. The second kappa shape index (κ2) is 6.53. The van der Waals surface area contributed by atoms with E-state index in [2.05, 4.69) is 37.3 Å². The van der Waals surface area contributed by atoms with Crippen LogP contribution in [0, 0.1) is 5.92 Å². The van der Waals surface area contributed by atoms with Crippen LogP contribution in [0.15, 0.2) is 0 Å². The summed E-state index contributed by atoms with van der Waals surface area (Å²) in [5.74, 6) is 2.13. The minimum Gasteiger partial charge on any atom is -0.349 e. The maximum atomic E-state index is 12.3. The van der Waals surface area contributed by atoms with Crippen molar-refractivity contribution >= 4 is 5.91 Å². The van der Waals surface area contributed by atoms with Crippen molar-refractivity contribution in [3.8, 4) is 0 Å². The van der Waals surface area contributed by atoms with E-state index in [4.69, 9.17) is 0 Å². The van der Waals surface area contributed by atoms with Gasteiger partial charge in [-0.05, 0) is 26.4 Å². The summed E-state index contributed by atoms with van der Waals surface area (Å²) in [5.41, 5.74) is 0. The molecule has 0 bridgehead atoms. The van der Waals surface area contributed by atoms with Gasteiger partial charge >= 0.3 is 0 Å². The van der Waals surface area contributed by atoms with Crippen LogP contribution in [0.4, 0.5) is 0 Å². The first-order chi connectivity index (χ1) is 10.2. The zero-order valence-corrected chi connectivity index (χ0v) is 12.6. The van der Waals surface area contributed by atoms with E-state index in [0.29, 0.717) is 6.54 Å². The number of amides is 1. The molecule has 1 aromatic heterocycles. The van der Waals surface area contributed by atoms with Gasteiger partial charge in [-0.2, -0.15) is 0 Å². The Morgan fingerprint density at radius 3 is 3.14 bits per heavy atom. The zero-order chi connectivity index (χ0) is 14.7. The smallest absolute Gasteiger partial charge is 0.224 e. The van der Waals surface area contributed by atoms with E-state index in [-0.39, 0.29) is 11.8 Å². The fraction of sp³-hybridized carbons (Fsp3) is 0.786. The molecule has 0 saturated carbocycles. The van der Waals surface area contributed by atoms with Crippen molar-refractivity contribution in [2.45, 2.75) is 32.4 Å². The number of likely N-dealkylation sites (tertiary alicyclic amines) is 1. The van der Waals surface area contributed by atoms with E-state index in [1.807, 2.05) is 0 Å². The first-order valence-electron chi connectivity index (χ1n) is 7.82. The molecule has 2 aliphatic heterocycles. The molecule has 0 spiro atoms. The molecule has 116 valence electrons. The van der Waals surface area contributed by atoms with Gasteiger partial charge in [0.05, 0.1) is 12.5 Å². The molecule has 1 aromatic rings. The molecule has 0 radical (unpaired) electrons. The topological polar surface area (TPSA) is 75.1 Å². The Bertz CT molecular complexity index is 500. The van der Waals surface area contributed by atoms with Gasteiger partial charge in [0.25, 0.3) is 0 Å². The molecule has 1 saturated heterocycles. The van der Waals surface area contributed by atoms with E-state index in [1.165, 1.54) is 0 Å². The number of piperidine rings is 1. The van der Waals surface area contributed by atoms with E-state index in [1.54, 1.807) is 0 Å². The molecule has 1 atom stereocenters. The Morgan fingerprint density at radius 1 is 1.38 bits per heavy atom. The second-order valence-electron chi connectivity index (χ2n) is 6.00. The van der Waals surface area contributed by atoms with Gasteiger partial charge in [0.2, 0.25) is 5.91 Å². The van der Waals surface area contributed by atoms with Crippen LogP contribution in [0.1, 0.15) is 24.5 Å². The predicted octanol–water partition coefficient (Wildman–Crippen LogP) is -0.618. The maximum Gasteiger partial charge on any atom is 0.224 e. The van der Waals surface area contributed by atoms with Crippen LogP contribution in [0.3, 0.4) is 0 Å². The molecule has 2 aliphatic rings. The SMILES string of the molecule is CN1CCC[C@H](C(=O)NCc2nnc3n2CCNCC3)C1. The number of carbonyl (C=O) groups excluding carboxylic acids is 1. The van der Waals surface area contributed by atoms with Gasteiger partial charge in [0, 0.05) is 32.6 Å². The first kappa shape index (κ1) is 14.5. The molecule has 0 unspecified atom stereocenters. The summed E-state index contributed by atoms with van der Waals surface area (Å²) >= 11 is 0. The van der Waals surface area contributed by atoms with Crippen LogP contribution in [-0.4, -0.2) is 58.8 Å². The largest absolute Gasteiger partial charge is 0.349 e. The number of aromatic nitrogens is 3. The third-order valence-corrected chi connectivity index (χ3v) is 4.36. The Morgan fingerprint density at radius 2 is 2.29 bits per heavy atom. The van der Waals surface area contributed by atoms with Crippen molar-refractivity contribution in [2.75, 3.05) is 33.2 Å². The Hall–Kier alpha value is -1.47. The Balaban J connectivity index is 1.57. The van der Waals surface area contributed by atoms with Crippen LogP contribution >= 0.6 is 0 Å². The normalized spacial score (nSPS) is 23.4. The molecule has 7 nitrogen and oxygen atoms in total. The molecule has 0 aromatic carbocycles. The number of hydrogen-bond donors (Lipinski definition) is 2. The first-order valence-corrected chi connectivity index (χ1v) is 7.82. The minimum atomic E-state index is 0.108. The molecule has 21 heavy (non-hydrogen) atoms. The van der Waals surface area contributed by atoms with Gasteiger partial charge in [-0.3, -0.25) is 4.79 Å². The lowest BCUT2D eigenvalue weighted by Gasteiger charge is -2.28. The number of nitrogens with one attached hydrogen (secondary N) is 2. The molecule has 1 fully saturated rings. The number of rotatable bonds is 3. The highest BCUT2D eigenvalue weighted by molar-refractivity contribution is 5.78. The number of nitrogens with zero attached hydrogens (tertiary/aromatic N) is 4. The number of carbonyl (C=O) groups is 1. The minimum absolute atomic E-state index is 0.108. The highest BCUT2D eigenvalue weighted by Crippen LogP contribution is 2.15. The molecular formula is C14H24N6O. The monoisotopic (exact) mass is 292 g/mol. The van der Waals surface area contributed by atoms with Crippen molar-refractivity contribution in [2.24, 2.45) is 5.92 Å². The lowest BCUT2D eigenvalue weighted by atomic mass is 9.98. The lowest BCUT2D eigenvalue weighted by molar-refractivity contribution is -0.126. The lowest BCUT2D eigenvalue weighted by Crippen LogP contribution is -2.41. The van der Waals surface area contributed by atoms with Crippen LogP contribution in [0.2, 0.25) is 0 Å². The fourth-order valence-electron chi connectivity index (χ4n) is 3.15. The summed E-state index contributed by atoms with van der Waals surface area (Å²) in [6.45, 7) is 5.17. The van der Waals surface area contributed by atoms with Gasteiger partial charge in [0.1, 0.15) is 5.82 Å². The van der Waals surface area contributed by atoms with Crippen molar-refractivity contribution in [3.05, 3.63) is 11.6 Å². The summed E-state index contributed by atoms with van der Waals surface area (Å²) < 4.78 is 2.13. The van der Waals surface area contributed by atoms with Crippen molar-refractivity contribution in [3.63, 3.8) is 0 Å². The molecule has 0 aliphatic carbocycles. The quantitative estimate of drug-likeness (QED) is 0.777. The van der Waals surface area contributed by atoms with Crippen molar-refractivity contribution in [1.29, 1.82) is 0 Å². The van der Waals surface area contributed by atoms with E-state index >= 15 is 0 Å². The van der Waals surface area contributed by atoms with Gasteiger partial charge in [-0.15, -0.1) is 10.2 Å². The zero-order valence-electron chi connectivity index (χ0n) is 12.6. The molecule has 7 heteroatoms. The predicted molar refractivity (Wildman–Crippen MR) is 78.7 cm³/mol. The Labute approximate surface area is 125 Å². The summed E-state index contributed by atoms with van der Waals surface area (Å²) in [6.07, 6.45) is 2.98. The molecular weight excluding hydrogens is 268 g/mol. The van der Waals surface area contributed by atoms with Crippen LogP contribution in [0.5, 0.6) is 0 Å². The molecule has 3 rings (SSSR count). The van der Waals surface area contributed by atoms with Gasteiger partial charge in [0.15, 0.2) is 5.82 Å². The van der Waals surface area contributed by atoms with Gasteiger partial charge in [-0.25, -0.2) is 0 Å². The van der Waals surface area contributed by atoms with Crippen molar-refractivity contribution in [1.82, 2.24) is 30.3 Å². The third kappa shape index (κ3) is 3.41. The number of fused-ring (bicyclic) bond motifs is 1. The van der Waals surface area contributed by atoms with Crippen LogP contribution < -0.4 is 10.6 Å². The molecule has 1 amide bonds. The van der Waals surface area contributed by atoms with Crippen LogP contribution in [0.25, 0.3) is 0 Å². The van der Waals surface area contributed by atoms with Gasteiger partial charge in [-0.1, -0.05) is 0 Å². The summed E-state index contributed by atoms with van der Waals surface area (Å²) in [7, 11) is 2.07. The highest BCUT2D eigenvalue weighted by Gasteiger charge is 2.24. The van der Waals surface area contributed by atoms with Gasteiger partial charge < -0.3 is 20.1 Å². The van der Waals surface area contributed by atoms with E-state index in [9.17, 15) is 4.79 Å². The van der Waals surface area contributed by atoms with E-state index in [0.717, 1.165) is 63.6 Å². The maximum absolute atomic E-state index is 12.3. The van der Waals surface area contributed by atoms with Crippen LogP contribution in [-0.2, 0) is 24.3 Å². The van der Waals surface area contributed by atoms with E-state index < -0.39 is 0 Å². The molecule has 3 heterocycles. The second-order valence-corrected chi connectivity index (χ2v) is 6.00. The summed E-state index contributed by atoms with van der Waals surface area (Å²) in [5, 5.41) is 14.8. The number of hydrogen-bond acceptors (Lipinski definition) is 5. The summed E-state index contributed by atoms with van der Waals surface area (Å²) in [6, 6.07) is 0. The van der Waals surface area contributed by atoms with Crippen molar-refractivity contribution < 1.29 is 4.79 Å². The standard InChI is InChI=1S/C14H24N6O/c1-19-7-2-3-11(10-19)14(21)16-9-13-18-17-12-4-5-15-6-8-20(12)13/h11,15H,2-10H2,1H3,(H,16,21)/t11-/m0/s1. The average molecular weight is 292 g/mol. The average Bonchev–Trinajstić information content (AvgIpc) is 2.72. The highest BCUT2D eigenvalue weighted by atomic mass is 16.1. The third-order valence-electron chi connectivity index (χ3n) is 4.36. The fourth-order valence-corrected chi connectivity index (χ4v) is 3.15. The summed E-state index contributed by atoms with van der Waals surface area (Å²) in [4.78, 5) is 14.5.